The van der Waals surface area contributed by atoms with Crippen LogP contribution in [0.15, 0.2) is 65.4 Å². The van der Waals surface area contributed by atoms with E-state index in [0.717, 1.165) is 35.0 Å². The first-order valence-electron chi connectivity index (χ1n) is 9.59. The molecule has 6 rings (SSSR count). The molecule has 0 aliphatic carbocycles. The summed E-state index contributed by atoms with van der Waals surface area (Å²) in [6.45, 7) is 1.75. The van der Waals surface area contributed by atoms with Crippen LogP contribution in [0.4, 0.5) is 5.69 Å². The van der Waals surface area contributed by atoms with Gasteiger partial charge in [0.2, 0.25) is 0 Å². The van der Waals surface area contributed by atoms with E-state index in [1.165, 1.54) is 20.2 Å². The van der Waals surface area contributed by atoms with Crippen LogP contribution < -0.4 is 9.80 Å². The number of amides is 1. The number of carbonyl (C=O) groups excluding carboxylic acids is 1. The fraction of sp³-hybridized carbons (Fsp3) is 0.174. The zero-order valence-electron chi connectivity index (χ0n) is 15.2. The van der Waals surface area contributed by atoms with Gasteiger partial charge in [0.1, 0.15) is 0 Å². The first-order chi connectivity index (χ1) is 13.8. The summed E-state index contributed by atoms with van der Waals surface area (Å²) in [5.74, 6) is 0.139. The number of fused-ring (bicyclic) bond motifs is 1. The van der Waals surface area contributed by atoms with E-state index < -0.39 is 0 Å². The second-order valence-electron chi connectivity index (χ2n) is 7.48. The predicted octanol–water partition coefficient (Wildman–Crippen LogP) is 4.11. The molecule has 0 saturated heterocycles. The van der Waals surface area contributed by atoms with E-state index in [0.29, 0.717) is 12.7 Å². The number of thiophene rings is 2. The van der Waals surface area contributed by atoms with Gasteiger partial charge in [-0.3, -0.25) is 9.69 Å². The number of nitrogens with one attached hydrogen (secondary N) is 1. The third-order valence-electron chi connectivity index (χ3n) is 6.01. The molecule has 2 atom stereocenters. The summed E-state index contributed by atoms with van der Waals surface area (Å²) in [6.07, 6.45) is 1.09. The van der Waals surface area contributed by atoms with E-state index in [1.54, 1.807) is 0 Å². The maximum absolute atomic E-state index is 13.3. The second kappa shape index (κ2) is 6.27. The highest BCUT2D eigenvalue weighted by molar-refractivity contribution is 7.10. The molecule has 0 fully saturated rings. The Bertz CT molecular complexity index is 1190. The van der Waals surface area contributed by atoms with Crippen molar-refractivity contribution in [2.24, 2.45) is 0 Å². The molecule has 2 aliphatic rings. The Hall–Kier alpha value is -2.47. The lowest BCUT2D eigenvalue weighted by Crippen LogP contribution is -3.15. The molecule has 4 aromatic rings. The quantitative estimate of drug-likeness (QED) is 0.547. The molecule has 28 heavy (non-hydrogen) atoms. The fourth-order valence-electron chi connectivity index (χ4n) is 4.77. The SMILES string of the molecule is O=C1c2cccc3cccc(c23)N1C[NH+]1CCc2sccc2[C@H]1c1cccs1. The van der Waals surface area contributed by atoms with Crippen molar-refractivity contribution in [1.29, 1.82) is 0 Å². The Morgan fingerprint density at radius 2 is 1.89 bits per heavy atom. The van der Waals surface area contributed by atoms with Crippen LogP contribution in [0.2, 0.25) is 0 Å². The molecule has 0 bridgehead atoms. The number of nitrogens with zero attached hydrogens (tertiary/aromatic N) is 1. The molecule has 0 spiro atoms. The molecular weight excluding hydrogens is 384 g/mol. The molecule has 2 aromatic carbocycles. The van der Waals surface area contributed by atoms with Crippen molar-refractivity contribution in [3.05, 3.63) is 86.2 Å². The maximum atomic E-state index is 13.3. The Kier molecular flexibility index (Phi) is 3.69. The Morgan fingerprint density at radius 1 is 1.00 bits per heavy atom. The van der Waals surface area contributed by atoms with Gasteiger partial charge in [-0.05, 0) is 40.4 Å². The minimum Gasteiger partial charge on any atom is -0.306 e. The zero-order valence-corrected chi connectivity index (χ0v) is 16.9. The van der Waals surface area contributed by atoms with Gasteiger partial charge < -0.3 is 4.90 Å². The third-order valence-corrected chi connectivity index (χ3v) is 7.94. The highest BCUT2D eigenvalue weighted by Crippen LogP contribution is 2.37. The number of benzene rings is 2. The summed E-state index contributed by atoms with van der Waals surface area (Å²) in [7, 11) is 0. The van der Waals surface area contributed by atoms with Crippen LogP contribution in [0.1, 0.15) is 31.7 Å². The van der Waals surface area contributed by atoms with Gasteiger partial charge in [0, 0.05) is 22.2 Å². The smallest absolute Gasteiger partial charge is 0.263 e. The van der Waals surface area contributed by atoms with E-state index in [1.807, 2.05) is 39.7 Å². The van der Waals surface area contributed by atoms with Crippen molar-refractivity contribution in [1.82, 2.24) is 0 Å². The molecule has 3 nitrogen and oxygen atoms in total. The maximum Gasteiger partial charge on any atom is 0.263 e. The summed E-state index contributed by atoms with van der Waals surface area (Å²) >= 11 is 3.69. The van der Waals surface area contributed by atoms with Gasteiger partial charge >= 0.3 is 0 Å². The van der Waals surface area contributed by atoms with Crippen molar-refractivity contribution < 1.29 is 9.69 Å². The van der Waals surface area contributed by atoms with E-state index >= 15 is 0 Å². The molecule has 2 aromatic heterocycles. The van der Waals surface area contributed by atoms with E-state index in [-0.39, 0.29) is 5.91 Å². The molecule has 0 radical (unpaired) electrons. The lowest BCUT2D eigenvalue weighted by atomic mass is 9.99. The second-order valence-corrected chi connectivity index (χ2v) is 9.46. The van der Waals surface area contributed by atoms with Gasteiger partial charge in [-0.1, -0.05) is 30.3 Å². The molecule has 0 saturated carbocycles. The number of carbonyl (C=O) groups is 1. The normalized spacial score (nSPS) is 20.7. The summed E-state index contributed by atoms with van der Waals surface area (Å²) in [5.41, 5.74) is 3.34. The monoisotopic (exact) mass is 403 g/mol. The molecule has 2 aliphatic heterocycles. The van der Waals surface area contributed by atoms with Crippen molar-refractivity contribution >= 4 is 45.0 Å². The summed E-state index contributed by atoms with van der Waals surface area (Å²) in [5, 5.41) is 6.63. The van der Waals surface area contributed by atoms with E-state index in [9.17, 15) is 4.79 Å². The van der Waals surface area contributed by atoms with Crippen LogP contribution in [-0.4, -0.2) is 19.1 Å². The lowest BCUT2D eigenvalue weighted by molar-refractivity contribution is -0.926. The number of rotatable bonds is 3. The van der Waals surface area contributed by atoms with Crippen molar-refractivity contribution in [2.45, 2.75) is 12.5 Å². The van der Waals surface area contributed by atoms with Crippen LogP contribution >= 0.6 is 22.7 Å². The van der Waals surface area contributed by atoms with Gasteiger partial charge in [0.05, 0.1) is 22.7 Å². The van der Waals surface area contributed by atoms with E-state index in [4.69, 9.17) is 0 Å². The minimum atomic E-state index is 0.139. The van der Waals surface area contributed by atoms with Crippen molar-refractivity contribution in [3.63, 3.8) is 0 Å². The molecule has 1 N–H and O–H groups in total. The third kappa shape index (κ3) is 2.33. The van der Waals surface area contributed by atoms with Crippen LogP contribution in [0.3, 0.4) is 0 Å². The predicted molar refractivity (Wildman–Crippen MR) is 116 cm³/mol. The summed E-state index contributed by atoms with van der Waals surface area (Å²) in [6, 6.07) is 19.3. The summed E-state index contributed by atoms with van der Waals surface area (Å²) < 4.78 is 0. The molecule has 138 valence electrons. The van der Waals surface area contributed by atoms with Gasteiger partial charge in [0.15, 0.2) is 12.7 Å². The summed E-state index contributed by atoms with van der Waals surface area (Å²) in [4.78, 5) is 19.6. The molecule has 1 amide bonds. The standard InChI is InChI=1S/C23H18N2OS2/c26-23-17-6-1-4-15-5-2-7-18(21(15)17)25(23)14-24-11-9-19-16(10-13-28-19)22(24)20-8-3-12-27-20/h1-8,10,12-13,22H,9,11,14H2/p+1/t22-/m0/s1. The number of hydrogen-bond acceptors (Lipinski definition) is 3. The van der Waals surface area contributed by atoms with Crippen LogP contribution in [0.5, 0.6) is 0 Å². The molecule has 4 heterocycles. The minimum absolute atomic E-state index is 0.139. The Labute approximate surface area is 171 Å². The van der Waals surface area contributed by atoms with Crippen LogP contribution in [-0.2, 0) is 6.42 Å². The van der Waals surface area contributed by atoms with Crippen molar-refractivity contribution in [2.75, 3.05) is 18.1 Å². The average Bonchev–Trinajstić information content (AvgIpc) is 3.46. The molecule has 1 unspecified atom stereocenters. The van der Waals surface area contributed by atoms with Gasteiger partial charge in [-0.15, -0.1) is 22.7 Å². The van der Waals surface area contributed by atoms with Gasteiger partial charge in [-0.25, -0.2) is 0 Å². The molecular formula is C23H19N2OS2+. The van der Waals surface area contributed by atoms with Gasteiger partial charge in [0.25, 0.3) is 5.91 Å². The largest absolute Gasteiger partial charge is 0.306 e. The Morgan fingerprint density at radius 3 is 2.75 bits per heavy atom. The first-order valence-corrected chi connectivity index (χ1v) is 11.3. The van der Waals surface area contributed by atoms with Crippen LogP contribution in [0.25, 0.3) is 10.8 Å². The molecule has 5 heteroatoms. The van der Waals surface area contributed by atoms with Crippen molar-refractivity contribution in [3.8, 4) is 0 Å². The number of anilines is 1. The van der Waals surface area contributed by atoms with E-state index in [2.05, 4.69) is 53.2 Å². The topological polar surface area (TPSA) is 24.8 Å². The van der Waals surface area contributed by atoms with Crippen LogP contribution in [0, 0.1) is 0 Å². The number of hydrogen-bond donors (Lipinski definition) is 1. The fourth-order valence-corrected chi connectivity index (χ4v) is 6.59. The lowest BCUT2D eigenvalue weighted by Gasteiger charge is -2.34. The average molecular weight is 404 g/mol. The zero-order chi connectivity index (χ0) is 18.7. The van der Waals surface area contributed by atoms with Gasteiger partial charge in [-0.2, -0.15) is 0 Å². The highest BCUT2D eigenvalue weighted by Gasteiger charge is 2.38. The first kappa shape index (κ1) is 16.5. The number of quaternary nitrogens is 1. The highest BCUT2D eigenvalue weighted by atomic mass is 32.1. The Balaban J connectivity index is 1.42.